The van der Waals surface area contributed by atoms with Crippen LogP contribution >= 0.6 is 11.6 Å². The number of halogens is 3. The van der Waals surface area contributed by atoms with Gasteiger partial charge in [-0.3, -0.25) is 15.0 Å². The summed E-state index contributed by atoms with van der Waals surface area (Å²) in [7, 11) is 0. The van der Waals surface area contributed by atoms with E-state index in [4.69, 9.17) is 11.6 Å². The molecule has 0 saturated carbocycles. The Hall–Kier alpha value is -3.00. The van der Waals surface area contributed by atoms with E-state index in [0.29, 0.717) is 30.1 Å². The van der Waals surface area contributed by atoms with E-state index in [1.807, 2.05) is 4.90 Å². The summed E-state index contributed by atoms with van der Waals surface area (Å²) in [5, 5.41) is 0.0215. The third kappa shape index (κ3) is 3.93. The molecule has 1 N–H and O–H groups in total. The second-order valence-corrected chi connectivity index (χ2v) is 7.28. The first-order valence-corrected chi connectivity index (χ1v) is 9.51. The molecule has 1 aliphatic rings. The van der Waals surface area contributed by atoms with E-state index in [2.05, 4.69) is 10.4 Å². The fraction of sp³-hybridized carbons (Fsp3) is 0.250. The number of carbonyl (C=O) groups is 1. The minimum atomic E-state index is -0.630. The van der Waals surface area contributed by atoms with Crippen LogP contribution in [0.25, 0.3) is 10.9 Å². The Morgan fingerprint density at radius 1 is 1.14 bits per heavy atom. The highest BCUT2D eigenvalue weighted by Crippen LogP contribution is 2.20. The normalized spacial score (nSPS) is 13.8. The van der Waals surface area contributed by atoms with Gasteiger partial charge in [-0.1, -0.05) is 17.7 Å². The maximum absolute atomic E-state index is 13.7. The molecule has 1 saturated heterocycles. The quantitative estimate of drug-likeness (QED) is 0.706. The number of fused-ring (bicyclic) bond motifs is 1. The van der Waals surface area contributed by atoms with Gasteiger partial charge < -0.3 is 4.90 Å². The molecule has 0 aliphatic carbocycles. The predicted molar refractivity (Wildman–Crippen MR) is 107 cm³/mol. The molecule has 1 amide bonds. The van der Waals surface area contributed by atoms with Gasteiger partial charge in [-0.25, -0.2) is 13.8 Å². The smallest absolute Gasteiger partial charge is 0.281 e. The summed E-state index contributed by atoms with van der Waals surface area (Å²) in [6.45, 7) is 1.38. The van der Waals surface area contributed by atoms with Crippen LogP contribution in [0.5, 0.6) is 0 Å². The summed E-state index contributed by atoms with van der Waals surface area (Å²) >= 11 is 5.66. The Balaban J connectivity index is 1.71. The second kappa shape index (κ2) is 7.79. The number of nitrogens with one attached hydrogen (secondary N) is 1. The van der Waals surface area contributed by atoms with Crippen LogP contribution in [0.15, 0.2) is 41.2 Å². The third-order valence-electron chi connectivity index (χ3n) is 4.79. The first-order valence-electron chi connectivity index (χ1n) is 9.13. The van der Waals surface area contributed by atoms with Crippen LogP contribution in [0.4, 0.5) is 14.7 Å². The maximum atomic E-state index is 13.7. The lowest BCUT2D eigenvalue weighted by Gasteiger charge is -2.22. The van der Waals surface area contributed by atoms with Gasteiger partial charge in [0, 0.05) is 13.1 Å². The van der Waals surface area contributed by atoms with E-state index in [9.17, 15) is 18.4 Å². The van der Waals surface area contributed by atoms with Gasteiger partial charge in [0.2, 0.25) is 11.9 Å². The summed E-state index contributed by atoms with van der Waals surface area (Å²) in [5.74, 6) is -1.44. The fourth-order valence-corrected chi connectivity index (χ4v) is 3.49. The van der Waals surface area contributed by atoms with E-state index in [1.54, 1.807) is 0 Å². The van der Waals surface area contributed by atoms with E-state index in [-0.39, 0.29) is 16.8 Å². The molecular weight excluding hydrogens is 402 g/mol. The van der Waals surface area contributed by atoms with Crippen LogP contribution in [0, 0.1) is 11.6 Å². The highest BCUT2D eigenvalue weighted by molar-refractivity contribution is 6.30. The van der Waals surface area contributed by atoms with Crippen LogP contribution in [0.2, 0.25) is 5.02 Å². The molecule has 0 spiro atoms. The van der Waals surface area contributed by atoms with Crippen molar-refractivity contribution in [2.24, 2.45) is 0 Å². The molecule has 0 unspecified atom stereocenters. The van der Waals surface area contributed by atoms with Crippen molar-refractivity contribution in [2.45, 2.75) is 19.3 Å². The number of nitrogens with zero attached hydrogens (tertiary/aromatic N) is 3. The number of hydrogen-bond acceptors (Lipinski definition) is 4. The molecule has 9 heteroatoms. The first kappa shape index (κ1) is 19.3. The number of rotatable bonds is 4. The molecule has 3 aromatic rings. The number of aromatic nitrogens is 2. The van der Waals surface area contributed by atoms with Gasteiger partial charge in [0.15, 0.2) is 0 Å². The van der Waals surface area contributed by atoms with E-state index >= 15 is 0 Å². The van der Waals surface area contributed by atoms with Gasteiger partial charge in [0.1, 0.15) is 11.6 Å². The predicted octanol–water partition coefficient (Wildman–Crippen LogP) is 3.24. The molecule has 0 radical (unpaired) electrons. The van der Waals surface area contributed by atoms with Gasteiger partial charge in [-0.2, -0.15) is 4.68 Å². The van der Waals surface area contributed by atoms with Crippen molar-refractivity contribution >= 4 is 34.4 Å². The summed E-state index contributed by atoms with van der Waals surface area (Å²) in [6, 6.07) is 7.83. The molecule has 6 nitrogen and oxygen atoms in total. The van der Waals surface area contributed by atoms with Crippen molar-refractivity contribution in [2.75, 3.05) is 23.4 Å². The Bertz CT molecular complexity index is 1160. The minimum Gasteiger partial charge on any atom is -0.341 e. The lowest BCUT2D eigenvalue weighted by Crippen LogP contribution is -2.39. The number of anilines is 1. The Labute approximate surface area is 169 Å². The SMILES string of the molecule is O=C(Cc1ccc(Cl)c(F)c1)Nn1c(N2CCCC2)nc2ccc(F)cc2c1=O. The van der Waals surface area contributed by atoms with Gasteiger partial charge in [0.05, 0.1) is 22.3 Å². The van der Waals surface area contributed by atoms with Crippen LogP contribution < -0.4 is 15.9 Å². The summed E-state index contributed by atoms with van der Waals surface area (Å²) in [5.41, 5.74) is 2.71. The zero-order valence-corrected chi connectivity index (χ0v) is 16.0. The Kier molecular flexibility index (Phi) is 5.19. The van der Waals surface area contributed by atoms with Crippen molar-refractivity contribution in [1.29, 1.82) is 0 Å². The summed E-state index contributed by atoms with van der Waals surface area (Å²) < 4.78 is 28.3. The Morgan fingerprint density at radius 2 is 1.90 bits per heavy atom. The van der Waals surface area contributed by atoms with Gasteiger partial charge in [-0.15, -0.1) is 0 Å². The third-order valence-corrected chi connectivity index (χ3v) is 5.09. The standard InChI is InChI=1S/C20H17ClF2N4O2/c21-15-5-3-12(9-16(15)23)10-18(28)25-27-19(29)14-11-13(22)4-6-17(14)24-20(27)26-7-1-2-8-26/h3-6,9,11H,1-2,7-8,10H2,(H,25,28). The number of carbonyl (C=O) groups excluding carboxylic acids is 1. The number of benzene rings is 2. The topological polar surface area (TPSA) is 67.2 Å². The minimum absolute atomic E-state index is 0.0394. The first-order chi connectivity index (χ1) is 13.9. The average molecular weight is 419 g/mol. The molecule has 2 heterocycles. The molecule has 1 fully saturated rings. The monoisotopic (exact) mass is 418 g/mol. The highest BCUT2D eigenvalue weighted by atomic mass is 35.5. The molecule has 4 rings (SSSR count). The van der Waals surface area contributed by atoms with Crippen LogP contribution in [0.3, 0.4) is 0 Å². The lowest BCUT2D eigenvalue weighted by molar-refractivity contribution is -0.116. The van der Waals surface area contributed by atoms with Crippen LogP contribution in [-0.2, 0) is 11.2 Å². The van der Waals surface area contributed by atoms with E-state index in [1.165, 1.54) is 30.3 Å². The van der Waals surface area contributed by atoms with Crippen molar-refractivity contribution in [3.8, 4) is 0 Å². The van der Waals surface area contributed by atoms with Gasteiger partial charge in [-0.05, 0) is 48.7 Å². The Morgan fingerprint density at radius 3 is 2.62 bits per heavy atom. The maximum Gasteiger partial charge on any atom is 0.281 e. The zero-order valence-electron chi connectivity index (χ0n) is 15.3. The van der Waals surface area contributed by atoms with Crippen molar-refractivity contribution in [1.82, 2.24) is 9.66 Å². The zero-order chi connectivity index (χ0) is 20.5. The van der Waals surface area contributed by atoms with E-state index in [0.717, 1.165) is 23.6 Å². The largest absolute Gasteiger partial charge is 0.341 e. The van der Waals surface area contributed by atoms with Crippen LogP contribution in [0.1, 0.15) is 18.4 Å². The van der Waals surface area contributed by atoms with Gasteiger partial charge in [0.25, 0.3) is 5.56 Å². The second-order valence-electron chi connectivity index (χ2n) is 6.87. The molecular formula is C20H17ClF2N4O2. The fourth-order valence-electron chi connectivity index (χ4n) is 3.38. The molecule has 1 aromatic heterocycles. The van der Waals surface area contributed by atoms with Crippen LogP contribution in [-0.4, -0.2) is 28.7 Å². The molecule has 29 heavy (non-hydrogen) atoms. The van der Waals surface area contributed by atoms with Gasteiger partial charge >= 0.3 is 0 Å². The van der Waals surface area contributed by atoms with Crippen molar-refractivity contribution in [3.05, 3.63) is 69.0 Å². The van der Waals surface area contributed by atoms with E-state index < -0.39 is 23.1 Å². The average Bonchev–Trinajstić information content (AvgIpc) is 3.22. The lowest BCUT2D eigenvalue weighted by atomic mass is 10.1. The molecule has 0 atom stereocenters. The van der Waals surface area contributed by atoms with Crippen molar-refractivity contribution in [3.63, 3.8) is 0 Å². The van der Waals surface area contributed by atoms with Crippen molar-refractivity contribution < 1.29 is 13.6 Å². The summed E-state index contributed by atoms with van der Waals surface area (Å²) in [4.78, 5) is 31.9. The highest BCUT2D eigenvalue weighted by Gasteiger charge is 2.22. The molecule has 0 bridgehead atoms. The molecule has 150 valence electrons. The number of hydrogen-bond donors (Lipinski definition) is 1. The number of amides is 1. The molecule has 1 aliphatic heterocycles. The summed E-state index contributed by atoms with van der Waals surface area (Å²) in [6.07, 6.45) is 1.71. The molecule has 2 aromatic carbocycles.